The summed E-state index contributed by atoms with van der Waals surface area (Å²) in [7, 11) is 0. The van der Waals surface area contributed by atoms with E-state index >= 15 is 0 Å². The third kappa shape index (κ3) is 6.31. The molecule has 0 spiro atoms. The third-order valence-electron chi connectivity index (χ3n) is 7.46. The standard InChI is InChI=1S/C38H38N3.Ir/c1-37(2,3)31-17-12-26(13-18-31)34-23-35(27-14-19-32(20-15-27)38(4,5)6)41-36(40-34)30-16-21-33(39-24-30)29-11-10-25-8-7-9-28(25)22-29;/h10,12-24H,7-9H2,1-6H3;/q-1;/i7D2,8D2,9D2;. The average Bonchev–Trinajstić information content (AvgIpc) is 3.13. The molecule has 3 aromatic carbocycles. The number of fused-ring (bicyclic) bond motifs is 1. The summed E-state index contributed by atoms with van der Waals surface area (Å²) in [5.74, 6) is 0.506. The Kier molecular flexibility index (Phi) is 6.40. The topological polar surface area (TPSA) is 38.7 Å². The normalized spacial score (nSPS) is 18.7. The van der Waals surface area contributed by atoms with E-state index < -0.39 is 19.1 Å². The molecule has 0 saturated heterocycles. The average molecular weight is 735 g/mol. The van der Waals surface area contributed by atoms with Crippen molar-refractivity contribution in [2.45, 2.75) is 71.5 Å². The molecule has 42 heavy (non-hydrogen) atoms. The van der Waals surface area contributed by atoms with E-state index in [-0.39, 0.29) is 42.1 Å². The summed E-state index contributed by atoms with van der Waals surface area (Å²) in [6.07, 6.45) is -6.07. The van der Waals surface area contributed by atoms with Gasteiger partial charge in [0.15, 0.2) is 5.82 Å². The van der Waals surface area contributed by atoms with Crippen molar-refractivity contribution in [3.8, 4) is 45.2 Å². The van der Waals surface area contributed by atoms with Gasteiger partial charge in [-0.1, -0.05) is 115 Å². The Morgan fingerprint density at radius 2 is 1.17 bits per heavy atom. The van der Waals surface area contributed by atoms with Gasteiger partial charge >= 0.3 is 0 Å². The maximum atomic E-state index is 8.40. The van der Waals surface area contributed by atoms with Crippen LogP contribution in [0.1, 0.15) is 78.4 Å². The van der Waals surface area contributed by atoms with Gasteiger partial charge < -0.3 is 4.98 Å². The first-order chi connectivity index (χ1) is 21.8. The van der Waals surface area contributed by atoms with Gasteiger partial charge in [-0.2, -0.15) is 0 Å². The molecule has 4 heteroatoms. The third-order valence-corrected chi connectivity index (χ3v) is 7.46. The van der Waals surface area contributed by atoms with E-state index in [0.717, 1.165) is 22.5 Å². The molecule has 1 radical (unpaired) electrons. The van der Waals surface area contributed by atoms with Crippen molar-refractivity contribution < 1.29 is 28.3 Å². The van der Waals surface area contributed by atoms with Gasteiger partial charge in [0.25, 0.3) is 0 Å². The zero-order valence-corrected chi connectivity index (χ0v) is 27.2. The van der Waals surface area contributed by atoms with E-state index in [1.54, 1.807) is 12.3 Å². The summed E-state index contributed by atoms with van der Waals surface area (Å²) in [5.41, 5.74) is 7.61. The maximum Gasteiger partial charge on any atom is 0.161 e. The Morgan fingerprint density at radius 3 is 1.67 bits per heavy atom. The Hall–Kier alpha value is -3.46. The molecule has 0 unspecified atom stereocenters. The van der Waals surface area contributed by atoms with E-state index in [2.05, 4.69) is 101 Å². The molecule has 6 rings (SSSR count). The van der Waals surface area contributed by atoms with Crippen molar-refractivity contribution in [3.05, 3.63) is 113 Å². The minimum absolute atomic E-state index is 0. The molecule has 2 heterocycles. The fourth-order valence-corrected chi connectivity index (χ4v) is 4.85. The van der Waals surface area contributed by atoms with Crippen LogP contribution in [-0.2, 0) is 43.7 Å². The minimum atomic E-state index is -2.73. The van der Waals surface area contributed by atoms with Gasteiger partial charge in [0, 0.05) is 51.2 Å². The summed E-state index contributed by atoms with van der Waals surface area (Å²) < 4.78 is 49.7. The van der Waals surface area contributed by atoms with E-state index in [9.17, 15) is 0 Å². The Bertz CT molecular complexity index is 1880. The van der Waals surface area contributed by atoms with Gasteiger partial charge in [-0.25, -0.2) is 9.97 Å². The Morgan fingerprint density at radius 1 is 0.643 bits per heavy atom. The van der Waals surface area contributed by atoms with Crippen molar-refractivity contribution >= 4 is 0 Å². The second kappa shape index (κ2) is 11.7. The van der Waals surface area contributed by atoms with Crippen molar-refractivity contribution in [3.63, 3.8) is 0 Å². The molecule has 5 aromatic rings. The van der Waals surface area contributed by atoms with Crippen LogP contribution in [0.2, 0.25) is 0 Å². The maximum absolute atomic E-state index is 8.40. The van der Waals surface area contributed by atoms with E-state index in [0.29, 0.717) is 22.6 Å². The van der Waals surface area contributed by atoms with Crippen LogP contribution >= 0.6 is 0 Å². The molecular formula is C38H38IrN3-. The summed E-state index contributed by atoms with van der Waals surface area (Å²) in [4.78, 5) is 14.5. The zero-order chi connectivity index (χ0) is 34.2. The first-order valence-corrected chi connectivity index (χ1v) is 14.0. The SMILES string of the molecule is [2H]C1([2H])c2c[c-]c(-c3ccc(-c4nc(-c5ccc(C(C)(C)C)cc5)cc(-c5ccc(C(C)(C)C)cc5)n4)cn3)cc2C([2H])([2H])C1([2H])[2H].[Ir]. The predicted molar refractivity (Wildman–Crippen MR) is 170 cm³/mol. The summed E-state index contributed by atoms with van der Waals surface area (Å²) in [6.45, 7) is 13.1. The predicted octanol–water partition coefficient (Wildman–Crippen LogP) is 9.42. The van der Waals surface area contributed by atoms with Crippen LogP contribution < -0.4 is 0 Å². The Labute approximate surface area is 272 Å². The summed E-state index contributed by atoms with van der Waals surface area (Å²) in [5, 5.41) is 0. The van der Waals surface area contributed by atoms with Gasteiger partial charge in [-0.3, -0.25) is 0 Å². The van der Waals surface area contributed by atoms with Gasteiger partial charge in [0.2, 0.25) is 0 Å². The molecule has 0 N–H and O–H groups in total. The van der Waals surface area contributed by atoms with Crippen molar-refractivity contribution in [2.75, 3.05) is 0 Å². The Balaban J connectivity index is 0.00000451. The van der Waals surface area contributed by atoms with Crippen LogP contribution in [0.5, 0.6) is 0 Å². The zero-order valence-electron chi connectivity index (χ0n) is 30.8. The quantitative estimate of drug-likeness (QED) is 0.173. The second-order valence-corrected chi connectivity index (χ2v) is 12.6. The van der Waals surface area contributed by atoms with Gasteiger partial charge in [-0.15, -0.1) is 34.9 Å². The summed E-state index contributed by atoms with van der Waals surface area (Å²) in [6, 6.07) is 28.3. The number of rotatable bonds is 4. The van der Waals surface area contributed by atoms with Crippen LogP contribution in [0.15, 0.2) is 85.1 Å². The van der Waals surface area contributed by atoms with Gasteiger partial charge in [0.05, 0.1) is 11.4 Å². The van der Waals surface area contributed by atoms with Crippen LogP contribution in [0, 0.1) is 6.07 Å². The molecule has 0 fully saturated rings. The second-order valence-electron chi connectivity index (χ2n) is 12.6. The van der Waals surface area contributed by atoms with Crippen LogP contribution in [0.25, 0.3) is 45.2 Å². The number of benzene rings is 3. The van der Waals surface area contributed by atoms with Crippen LogP contribution in [-0.4, -0.2) is 15.0 Å². The molecule has 215 valence electrons. The van der Waals surface area contributed by atoms with Crippen LogP contribution in [0.3, 0.4) is 0 Å². The molecule has 3 nitrogen and oxygen atoms in total. The first-order valence-electron chi connectivity index (χ1n) is 17.0. The van der Waals surface area contributed by atoms with E-state index in [1.165, 1.54) is 23.3 Å². The number of pyridine rings is 1. The minimum Gasteiger partial charge on any atom is -0.304 e. The molecule has 0 aliphatic heterocycles. The fraction of sp³-hybridized carbons (Fsp3) is 0.289. The number of hydrogen-bond donors (Lipinski definition) is 0. The van der Waals surface area contributed by atoms with Crippen LogP contribution in [0.4, 0.5) is 0 Å². The number of aromatic nitrogens is 3. The van der Waals surface area contributed by atoms with Gasteiger partial charge in [0.1, 0.15) is 0 Å². The molecule has 0 bridgehead atoms. The first kappa shape index (κ1) is 23.1. The molecule has 1 aliphatic rings. The van der Waals surface area contributed by atoms with Gasteiger partial charge in [-0.05, 0) is 40.1 Å². The molecule has 2 aromatic heterocycles. The molecule has 0 saturated carbocycles. The van der Waals surface area contributed by atoms with E-state index in [1.807, 2.05) is 12.1 Å². The molecule has 1 aliphatic carbocycles. The number of hydrogen-bond acceptors (Lipinski definition) is 3. The molecule has 0 atom stereocenters. The number of aryl methyl sites for hydroxylation is 2. The molecule has 0 amide bonds. The smallest absolute Gasteiger partial charge is 0.161 e. The number of nitrogens with zero attached hydrogens (tertiary/aromatic N) is 3. The summed E-state index contributed by atoms with van der Waals surface area (Å²) >= 11 is 0. The monoisotopic (exact) mass is 735 g/mol. The van der Waals surface area contributed by atoms with E-state index in [4.69, 9.17) is 18.2 Å². The van der Waals surface area contributed by atoms with Crippen molar-refractivity contribution in [2.24, 2.45) is 0 Å². The van der Waals surface area contributed by atoms with Crippen molar-refractivity contribution in [1.82, 2.24) is 15.0 Å². The van der Waals surface area contributed by atoms with Crippen molar-refractivity contribution in [1.29, 1.82) is 0 Å². The molecular weight excluding hydrogens is 691 g/mol. The fourth-order valence-electron chi connectivity index (χ4n) is 4.85. The largest absolute Gasteiger partial charge is 0.304 e.